The van der Waals surface area contributed by atoms with Gasteiger partial charge in [0.05, 0.1) is 5.54 Å². The van der Waals surface area contributed by atoms with E-state index in [2.05, 4.69) is 37.9 Å². The normalized spacial score (nSPS) is 16.0. The van der Waals surface area contributed by atoms with Gasteiger partial charge in [-0.3, -0.25) is 0 Å². The molecule has 0 aromatic carbocycles. The summed E-state index contributed by atoms with van der Waals surface area (Å²) in [5.41, 5.74) is -0.00672. The third kappa shape index (κ3) is 8.11. The molecule has 0 saturated carbocycles. The van der Waals surface area contributed by atoms with E-state index >= 15 is 0 Å². The summed E-state index contributed by atoms with van der Waals surface area (Å²) in [4.78, 5) is 4.61. The number of nitrogens with zero attached hydrogens (tertiary/aromatic N) is 1. The quantitative estimate of drug-likeness (QED) is 0.382. The van der Waals surface area contributed by atoms with Crippen molar-refractivity contribution in [2.75, 3.05) is 6.61 Å². The molecule has 0 radical (unpaired) electrons. The lowest BCUT2D eigenvalue weighted by Gasteiger charge is -2.07. The fraction of sp³-hybridized carbons (Fsp3) is 0.773. The van der Waals surface area contributed by atoms with Gasteiger partial charge in [-0.15, -0.1) is 0 Å². The summed E-state index contributed by atoms with van der Waals surface area (Å²) in [5, 5.41) is 0. The van der Waals surface area contributed by atoms with Gasteiger partial charge in [0, 0.05) is 19.3 Å². The van der Waals surface area contributed by atoms with Crippen molar-refractivity contribution in [2.24, 2.45) is 4.99 Å². The predicted octanol–water partition coefficient (Wildman–Crippen LogP) is 6.49. The summed E-state index contributed by atoms with van der Waals surface area (Å²) >= 11 is 0. The molecule has 2 rings (SSSR count). The zero-order valence-corrected chi connectivity index (χ0v) is 16.6. The molecule has 1 aromatic rings. The van der Waals surface area contributed by atoms with Crippen molar-refractivity contribution in [1.29, 1.82) is 0 Å². The zero-order valence-electron chi connectivity index (χ0n) is 16.6. The molecule has 2 heterocycles. The van der Waals surface area contributed by atoms with Crippen LogP contribution < -0.4 is 0 Å². The smallest absolute Gasteiger partial charge is 0.183 e. The number of aryl methyl sites for hydroxylation is 2. The van der Waals surface area contributed by atoms with Gasteiger partial charge in [0.1, 0.15) is 18.1 Å². The van der Waals surface area contributed by atoms with Crippen molar-refractivity contribution < 1.29 is 9.15 Å². The molecule has 0 N–H and O–H groups in total. The highest BCUT2D eigenvalue weighted by Gasteiger charge is 2.25. The Labute approximate surface area is 154 Å². The van der Waals surface area contributed by atoms with Crippen LogP contribution in [0.2, 0.25) is 0 Å². The molecule has 1 aliphatic heterocycles. The second kappa shape index (κ2) is 10.7. The van der Waals surface area contributed by atoms with Crippen molar-refractivity contribution in [2.45, 2.75) is 103 Å². The second-order valence-electron chi connectivity index (χ2n) is 8.05. The van der Waals surface area contributed by atoms with Gasteiger partial charge < -0.3 is 9.15 Å². The van der Waals surface area contributed by atoms with Crippen molar-refractivity contribution in [3.63, 3.8) is 0 Å². The van der Waals surface area contributed by atoms with E-state index in [0.717, 1.165) is 31.8 Å². The number of aliphatic imine (C=N–C) groups is 1. The molecule has 142 valence electrons. The van der Waals surface area contributed by atoms with Crippen LogP contribution in [0.3, 0.4) is 0 Å². The standard InChI is InChI=1S/C22H37NO2/c1-4-5-6-10-13-19-16-17-20(25-19)14-11-8-7-9-12-15-21-23-22(2,3)18-24-21/h16-17H,4-15,18H2,1-3H3. The highest BCUT2D eigenvalue weighted by Crippen LogP contribution is 2.20. The summed E-state index contributed by atoms with van der Waals surface area (Å²) in [6.45, 7) is 7.25. The Bertz CT molecular complexity index is 516. The van der Waals surface area contributed by atoms with Gasteiger partial charge in [-0.25, -0.2) is 4.99 Å². The van der Waals surface area contributed by atoms with Gasteiger partial charge in [-0.05, 0) is 45.2 Å². The van der Waals surface area contributed by atoms with E-state index in [9.17, 15) is 0 Å². The summed E-state index contributed by atoms with van der Waals surface area (Å²) in [6, 6.07) is 4.34. The molecule has 0 unspecified atom stereocenters. The Morgan fingerprint density at radius 2 is 1.40 bits per heavy atom. The number of unbranched alkanes of at least 4 members (excludes halogenated alkanes) is 7. The summed E-state index contributed by atoms with van der Waals surface area (Å²) in [7, 11) is 0. The molecule has 0 bridgehead atoms. The minimum Gasteiger partial charge on any atom is -0.478 e. The van der Waals surface area contributed by atoms with Crippen LogP contribution >= 0.6 is 0 Å². The number of rotatable bonds is 13. The van der Waals surface area contributed by atoms with E-state index in [-0.39, 0.29) is 5.54 Å². The SMILES string of the molecule is CCCCCCc1ccc(CCCCCCCC2=NC(C)(C)CO2)o1. The molecule has 3 heteroatoms. The molecule has 25 heavy (non-hydrogen) atoms. The molecular formula is C22H37NO2. The Morgan fingerprint density at radius 3 is 1.96 bits per heavy atom. The number of hydrogen-bond acceptors (Lipinski definition) is 3. The third-order valence-corrected chi connectivity index (χ3v) is 4.83. The first kappa shape index (κ1) is 20.1. The lowest BCUT2D eigenvalue weighted by Crippen LogP contribution is -2.17. The zero-order chi connectivity index (χ0) is 18.0. The highest BCUT2D eigenvalue weighted by atomic mass is 16.5. The first-order valence-electron chi connectivity index (χ1n) is 10.4. The van der Waals surface area contributed by atoms with Crippen LogP contribution in [0, 0.1) is 0 Å². The monoisotopic (exact) mass is 347 g/mol. The minimum absolute atomic E-state index is 0.00672. The van der Waals surface area contributed by atoms with Crippen molar-refractivity contribution in [3.8, 4) is 0 Å². The lowest BCUT2D eigenvalue weighted by molar-refractivity contribution is 0.273. The Morgan fingerprint density at radius 1 is 0.840 bits per heavy atom. The van der Waals surface area contributed by atoms with Crippen LogP contribution in [0.15, 0.2) is 21.5 Å². The second-order valence-corrected chi connectivity index (χ2v) is 8.05. The number of furan rings is 1. The molecular weight excluding hydrogens is 310 g/mol. The molecule has 0 amide bonds. The van der Waals surface area contributed by atoms with Crippen LogP contribution in [-0.4, -0.2) is 18.0 Å². The minimum atomic E-state index is -0.00672. The van der Waals surface area contributed by atoms with Gasteiger partial charge in [-0.1, -0.05) is 45.4 Å². The molecule has 1 aliphatic rings. The molecule has 1 aromatic heterocycles. The molecule has 0 aliphatic carbocycles. The highest BCUT2D eigenvalue weighted by molar-refractivity contribution is 5.78. The predicted molar refractivity (Wildman–Crippen MR) is 105 cm³/mol. The first-order chi connectivity index (χ1) is 12.1. The van der Waals surface area contributed by atoms with Gasteiger partial charge in [-0.2, -0.15) is 0 Å². The van der Waals surface area contributed by atoms with Crippen molar-refractivity contribution in [3.05, 3.63) is 23.7 Å². The maximum atomic E-state index is 5.95. The fourth-order valence-electron chi connectivity index (χ4n) is 3.31. The Kier molecular flexibility index (Phi) is 8.57. The molecule has 0 spiro atoms. The first-order valence-corrected chi connectivity index (χ1v) is 10.4. The van der Waals surface area contributed by atoms with E-state index in [1.165, 1.54) is 69.3 Å². The van der Waals surface area contributed by atoms with Crippen molar-refractivity contribution >= 4 is 5.90 Å². The summed E-state index contributed by atoms with van der Waals surface area (Å²) in [6.07, 6.45) is 14.7. The molecule has 0 atom stereocenters. The van der Waals surface area contributed by atoms with Crippen LogP contribution in [-0.2, 0) is 17.6 Å². The Balaban J connectivity index is 1.47. The van der Waals surface area contributed by atoms with Crippen LogP contribution in [0.5, 0.6) is 0 Å². The summed E-state index contributed by atoms with van der Waals surface area (Å²) in [5.74, 6) is 3.31. The molecule has 0 fully saturated rings. The number of hydrogen-bond donors (Lipinski definition) is 0. The Hall–Kier alpha value is -1.25. The molecule has 0 saturated heterocycles. The van der Waals surface area contributed by atoms with Gasteiger partial charge in [0.15, 0.2) is 5.90 Å². The average molecular weight is 348 g/mol. The maximum absolute atomic E-state index is 5.95. The van der Waals surface area contributed by atoms with E-state index in [0.29, 0.717) is 0 Å². The third-order valence-electron chi connectivity index (χ3n) is 4.83. The van der Waals surface area contributed by atoms with E-state index in [1.54, 1.807) is 0 Å². The summed E-state index contributed by atoms with van der Waals surface area (Å²) < 4.78 is 11.6. The van der Waals surface area contributed by atoms with Crippen LogP contribution in [0.25, 0.3) is 0 Å². The lowest BCUT2D eigenvalue weighted by atomic mass is 10.1. The largest absolute Gasteiger partial charge is 0.478 e. The van der Waals surface area contributed by atoms with Gasteiger partial charge in [0.2, 0.25) is 0 Å². The van der Waals surface area contributed by atoms with Crippen LogP contribution in [0.1, 0.15) is 96.5 Å². The van der Waals surface area contributed by atoms with Crippen LogP contribution in [0.4, 0.5) is 0 Å². The van der Waals surface area contributed by atoms with Gasteiger partial charge >= 0.3 is 0 Å². The van der Waals surface area contributed by atoms with E-state index < -0.39 is 0 Å². The molecule has 3 nitrogen and oxygen atoms in total. The number of ether oxygens (including phenoxy) is 1. The van der Waals surface area contributed by atoms with E-state index in [1.807, 2.05) is 0 Å². The van der Waals surface area contributed by atoms with Crippen molar-refractivity contribution in [1.82, 2.24) is 0 Å². The fourth-order valence-corrected chi connectivity index (χ4v) is 3.31. The van der Waals surface area contributed by atoms with E-state index in [4.69, 9.17) is 9.15 Å². The maximum Gasteiger partial charge on any atom is 0.183 e. The average Bonchev–Trinajstić information content (AvgIpc) is 3.17. The topological polar surface area (TPSA) is 34.7 Å². The van der Waals surface area contributed by atoms with Gasteiger partial charge in [0.25, 0.3) is 0 Å².